The van der Waals surface area contributed by atoms with E-state index >= 15 is 0 Å². The maximum absolute atomic E-state index is 4.64. The van der Waals surface area contributed by atoms with Crippen molar-refractivity contribution in [3.8, 4) is 0 Å². The molecule has 1 aliphatic carbocycles. The van der Waals surface area contributed by atoms with Crippen LogP contribution in [0.15, 0.2) is 23.8 Å². The van der Waals surface area contributed by atoms with Crippen molar-refractivity contribution >= 4 is 38.7 Å². The Kier molecular flexibility index (Phi) is 4.85. The fourth-order valence-corrected chi connectivity index (χ4v) is 6.66. The van der Waals surface area contributed by atoms with Gasteiger partial charge < -0.3 is 15.1 Å². The van der Waals surface area contributed by atoms with Crippen molar-refractivity contribution in [2.75, 3.05) is 45.1 Å². The predicted molar refractivity (Wildman–Crippen MR) is 112 cm³/mol. The van der Waals surface area contributed by atoms with Gasteiger partial charge in [0.15, 0.2) is 0 Å². The van der Waals surface area contributed by atoms with Crippen LogP contribution >= 0.6 is 22.7 Å². The van der Waals surface area contributed by atoms with Gasteiger partial charge in [-0.3, -0.25) is 0 Å². The van der Waals surface area contributed by atoms with Crippen LogP contribution in [0.2, 0.25) is 0 Å². The van der Waals surface area contributed by atoms with Crippen LogP contribution in [0.5, 0.6) is 0 Å². The Morgan fingerprint density at radius 2 is 2.07 bits per heavy atom. The molecule has 27 heavy (non-hydrogen) atoms. The van der Waals surface area contributed by atoms with Gasteiger partial charge in [0.1, 0.15) is 49.2 Å². The molecule has 0 bridgehead atoms. The molecule has 2 aliphatic rings. The summed E-state index contributed by atoms with van der Waals surface area (Å²) in [6, 6.07) is 4.98. The van der Waals surface area contributed by atoms with Crippen molar-refractivity contribution in [2.24, 2.45) is 0 Å². The second-order valence-corrected chi connectivity index (χ2v) is 9.89. The molecule has 1 fully saturated rings. The van der Waals surface area contributed by atoms with Crippen LogP contribution < -0.4 is 15.1 Å². The first-order valence-corrected chi connectivity index (χ1v) is 11.7. The van der Waals surface area contributed by atoms with E-state index in [1.54, 1.807) is 16.1 Å². The summed E-state index contributed by atoms with van der Waals surface area (Å²) in [6.45, 7) is 5.93. The van der Waals surface area contributed by atoms with E-state index in [0.717, 1.165) is 17.2 Å². The summed E-state index contributed by atoms with van der Waals surface area (Å²) in [5.41, 5.74) is 1.50. The molecule has 142 valence electrons. The maximum Gasteiger partial charge on any atom is 0.140 e. The average Bonchev–Trinajstić information content (AvgIpc) is 3.40. The number of likely N-dealkylation sites (N-methyl/N-ethyl adjacent to an activating group) is 1. The van der Waals surface area contributed by atoms with E-state index in [9.17, 15) is 0 Å². The minimum Gasteiger partial charge on any atom is -0.363 e. The van der Waals surface area contributed by atoms with Crippen molar-refractivity contribution in [1.82, 2.24) is 9.97 Å². The van der Waals surface area contributed by atoms with E-state index in [1.807, 2.05) is 22.7 Å². The lowest BCUT2D eigenvalue weighted by molar-refractivity contribution is -1.02. The number of hydrogen-bond acceptors (Lipinski definition) is 5. The van der Waals surface area contributed by atoms with Crippen LogP contribution in [-0.2, 0) is 12.8 Å². The fourth-order valence-electron chi connectivity index (χ4n) is 4.54. The SMILES string of the molecule is C[NH+]1CC[NH+]([C@H](CNc2ncnc3sc4c(c23)CCC4)c2cccs2)CC1. The Hall–Kier alpha value is -1.54. The monoisotopic (exact) mass is 401 g/mol. The minimum absolute atomic E-state index is 0.495. The molecule has 3 aromatic heterocycles. The summed E-state index contributed by atoms with van der Waals surface area (Å²) in [6.07, 6.45) is 5.39. The Balaban J connectivity index is 1.40. The van der Waals surface area contributed by atoms with Crippen LogP contribution in [0.1, 0.15) is 27.8 Å². The number of thiophene rings is 2. The van der Waals surface area contributed by atoms with Crippen molar-refractivity contribution in [3.63, 3.8) is 0 Å². The Labute approximate surface area is 168 Å². The lowest BCUT2D eigenvalue weighted by Gasteiger charge is -2.33. The molecule has 0 spiro atoms. The highest BCUT2D eigenvalue weighted by Gasteiger charge is 2.30. The largest absolute Gasteiger partial charge is 0.363 e. The highest BCUT2D eigenvalue weighted by atomic mass is 32.1. The third-order valence-electron chi connectivity index (χ3n) is 6.10. The van der Waals surface area contributed by atoms with Gasteiger partial charge in [-0.05, 0) is 36.3 Å². The number of nitrogens with zero attached hydrogens (tertiary/aromatic N) is 2. The quantitative estimate of drug-likeness (QED) is 0.593. The van der Waals surface area contributed by atoms with Crippen LogP contribution in [0.4, 0.5) is 5.82 Å². The molecule has 0 saturated carbocycles. The molecule has 1 aliphatic heterocycles. The Morgan fingerprint density at radius 3 is 2.89 bits per heavy atom. The van der Waals surface area contributed by atoms with Gasteiger partial charge in [0, 0.05) is 4.88 Å². The van der Waals surface area contributed by atoms with Gasteiger partial charge in [-0.1, -0.05) is 6.07 Å². The second-order valence-electron chi connectivity index (χ2n) is 7.82. The second kappa shape index (κ2) is 7.47. The molecule has 0 aromatic carbocycles. The lowest BCUT2D eigenvalue weighted by atomic mass is 10.1. The maximum atomic E-state index is 4.64. The predicted octanol–water partition coefficient (Wildman–Crippen LogP) is 0.808. The van der Waals surface area contributed by atoms with Crippen molar-refractivity contribution in [1.29, 1.82) is 0 Å². The topological polar surface area (TPSA) is 46.7 Å². The highest BCUT2D eigenvalue weighted by Crippen LogP contribution is 2.39. The van der Waals surface area contributed by atoms with E-state index in [0.29, 0.717) is 6.04 Å². The number of fused-ring (bicyclic) bond motifs is 3. The highest BCUT2D eigenvalue weighted by molar-refractivity contribution is 7.19. The number of rotatable bonds is 5. The Bertz CT molecular complexity index is 912. The lowest BCUT2D eigenvalue weighted by Crippen LogP contribution is -3.27. The van der Waals surface area contributed by atoms with E-state index in [2.05, 4.69) is 39.8 Å². The molecule has 0 radical (unpaired) electrons. The number of piperazine rings is 1. The molecular formula is C20H27N5S2+2. The third-order valence-corrected chi connectivity index (χ3v) is 8.29. The van der Waals surface area contributed by atoms with Crippen LogP contribution in [0.25, 0.3) is 10.2 Å². The molecular weight excluding hydrogens is 374 g/mol. The van der Waals surface area contributed by atoms with Crippen LogP contribution in [0.3, 0.4) is 0 Å². The Morgan fingerprint density at radius 1 is 1.19 bits per heavy atom. The molecule has 1 saturated heterocycles. The van der Waals surface area contributed by atoms with E-state index in [4.69, 9.17) is 0 Å². The van der Waals surface area contributed by atoms with E-state index < -0.39 is 0 Å². The van der Waals surface area contributed by atoms with Gasteiger partial charge in [0.25, 0.3) is 0 Å². The first-order valence-electron chi connectivity index (χ1n) is 9.98. The molecule has 3 aromatic rings. The van der Waals surface area contributed by atoms with Crippen LogP contribution in [0, 0.1) is 0 Å². The van der Waals surface area contributed by atoms with Gasteiger partial charge >= 0.3 is 0 Å². The number of aryl methyl sites for hydroxylation is 2. The van der Waals surface area contributed by atoms with Gasteiger partial charge in [-0.15, -0.1) is 22.7 Å². The number of anilines is 1. The molecule has 7 heteroatoms. The normalized spacial score (nSPS) is 23.4. The summed E-state index contributed by atoms with van der Waals surface area (Å²) in [5.74, 6) is 1.04. The van der Waals surface area contributed by atoms with Crippen molar-refractivity contribution in [2.45, 2.75) is 25.3 Å². The van der Waals surface area contributed by atoms with Crippen molar-refractivity contribution < 1.29 is 9.80 Å². The average molecular weight is 402 g/mol. The zero-order chi connectivity index (χ0) is 18.2. The fraction of sp³-hybridized carbons (Fsp3) is 0.500. The van der Waals surface area contributed by atoms with Crippen molar-refractivity contribution in [3.05, 3.63) is 39.2 Å². The number of hydrogen-bond donors (Lipinski definition) is 3. The zero-order valence-corrected chi connectivity index (χ0v) is 17.4. The van der Waals surface area contributed by atoms with E-state index in [-0.39, 0.29) is 0 Å². The van der Waals surface area contributed by atoms with Crippen LogP contribution in [-0.4, -0.2) is 49.7 Å². The summed E-state index contributed by atoms with van der Waals surface area (Å²) in [5, 5.41) is 7.23. The summed E-state index contributed by atoms with van der Waals surface area (Å²) in [4.78, 5) is 16.7. The molecule has 5 rings (SSSR count). The summed E-state index contributed by atoms with van der Waals surface area (Å²) >= 11 is 3.75. The molecule has 3 N–H and O–H groups in total. The molecule has 5 nitrogen and oxygen atoms in total. The summed E-state index contributed by atoms with van der Waals surface area (Å²) in [7, 11) is 2.31. The standard InChI is InChI=1S/C20H25N5S2/c1-24-7-9-25(10-8-24)15(17-6-3-11-26-17)12-21-19-18-14-4-2-5-16(14)27-20(18)23-13-22-19/h3,6,11,13,15H,2,4-5,7-10,12H2,1H3,(H,21,22,23)/p+2/t15-/m1/s1. The zero-order valence-electron chi connectivity index (χ0n) is 15.8. The molecule has 0 amide bonds. The van der Waals surface area contributed by atoms with Gasteiger partial charge in [-0.25, -0.2) is 9.97 Å². The molecule has 4 heterocycles. The number of quaternary nitrogens is 2. The first-order chi connectivity index (χ1) is 13.3. The summed E-state index contributed by atoms with van der Waals surface area (Å²) < 4.78 is 0. The number of nitrogens with one attached hydrogen (secondary N) is 3. The van der Waals surface area contributed by atoms with E-state index in [1.165, 1.54) is 66.1 Å². The van der Waals surface area contributed by atoms with Gasteiger partial charge in [-0.2, -0.15) is 0 Å². The van der Waals surface area contributed by atoms with Gasteiger partial charge in [0.2, 0.25) is 0 Å². The number of aromatic nitrogens is 2. The first kappa shape index (κ1) is 17.6. The minimum atomic E-state index is 0.495. The van der Waals surface area contributed by atoms with Gasteiger partial charge in [0.05, 0.1) is 23.9 Å². The third kappa shape index (κ3) is 3.38. The molecule has 1 atom stereocenters. The smallest absolute Gasteiger partial charge is 0.140 e. The molecule has 0 unspecified atom stereocenters.